The number of halogens is 1. The summed E-state index contributed by atoms with van der Waals surface area (Å²) in [5.41, 5.74) is 6.18. The predicted octanol–water partition coefficient (Wildman–Crippen LogP) is 2.68. The van der Waals surface area contributed by atoms with E-state index in [0.29, 0.717) is 17.1 Å². The van der Waals surface area contributed by atoms with Crippen LogP contribution in [0.4, 0.5) is 0 Å². The van der Waals surface area contributed by atoms with Crippen LogP contribution in [0.25, 0.3) is 0 Å². The molecule has 98 valence electrons. The van der Waals surface area contributed by atoms with Gasteiger partial charge < -0.3 is 10.6 Å². The van der Waals surface area contributed by atoms with Crippen molar-refractivity contribution < 1.29 is 4.79 Å². The Morgan fingerprint density at radius 2 is 2.17 bits per heavy atom. The van der Waals surface area contributed by atoms with E-state index in [4.69, 9.17) is 17.3 Å². The first-order valence-corrected chi connectivity index (χ1v) is 6.73. The van der Waals surface area contributed by atoms with Gasteiger partial charge in [-0.1, -0.05) is 23.7 Å². The summed E-state index contributed by atoms with van der Waals surface area (Å²) in [6.07, 6.45) is 3.12. The van der Waals surface area contributed by atoms with Crippen LogP contribution >= 0.6 is 11.6 Å². The highest BCUT2D eigenvalue weighted by Gasteiger charge is 2.37. The maximum atomic E-state index is 12.6. The predicted molar refractivity (Wildman–Crippen MR) is 73.8 cm³/mol. The molecule has 1 aliphatic rings. The number of carbonyl (C=O) groups is 1. The lowest BCUT2D eigenvalue weighted by atomic mass is 9.88. The normalized spacial score (nSPS) is 24.1. The number of hydrogen-bond donors (Lipinski definition) is 1. The number of carbonyl (C=O) groups excluding carboxylic acids is 1. The van der Waals surface area contributed by atoms with E-state index < -0.39 is 0 Å². The van der Waals surface area contributed by atoms with Gasteiger partial charge >= 0.3 is 0 Å². The van der Waals surface area contributed by atoms with Crippen molar-refractivity contribution in [2.45, 2.75) is 31.7 Å². The molecule has 1 unspecified atom stereocenters. The number of piperidine rings is 1. The molecule has 1 aliphatic heterocycles. The summed E-state index contributed by atoms with van der Waals surface area (Å²) < 4.78 is 0. The molecule has 1 atom stereocenters. The molecule has 2 rings (SSSR count). The third kappa shape index (κ3) is 2.38. The monoisotopic (exact) mass is 266 g/mol. The van der Waals surface area contributed by atoms with Crippen LogP contribution in [0.2, 0.25) is 5.02 Å². The lowest BCUT2D eigenvalue weighted by Crippen LogP contribution is -2.56. The molecule has 18 heavy (non-hydrogen) atoms. The second-order valence-electron chi connectivity index (χ2n) is 5.09. The molecule has 1 amide bonds. The van der Waals surface area contributed by atoms with Gasteiger partial charge in [-0.25, -0.2) is 0 Å². The van der Waals surface area contributed by atoms with Gasteiger partial charge in [-0.2, -0.15) is 0 Å². The zero-order valence-electron chi connectivity index (χ0n) is 10.7. The van der Waals surface area contributed by atoms with E-state index in [0.717, 1.165) is 25.8 Å². The summed E-state index contributed by atoms with van der Waals surface area (Å²) >= 11 is 6.10. The third-order valence-corrected chi connectivity index (χ3v) is 4.12. The van der Waals surface area contributed by atoms with Crippen molar-refractivity contribution >= 4 is 17.5 Å². The van der Waals surface area contributed by atoms with Crippen LogP contribution in [-0.2, 0) is 0 Å². The molecule has 3 nitrogen and oxygen atoms in total. The fourth-order valence-electron chi connectivity index (χ4n) is 2.52. The minimum absolute atomic E-state index is 0.00625. The van der Waals surface area contributed by atoms with E-state index in [1.165, 1.54) is 0 Å². The highest BCUT2D eigenvalue weighted by atomic mass is 35.5. The van der Waals surface area contributed by atoms with Crippen LogP contribution in [0.15, 0.2) is 24.3 Å². The molecule has 0 saturated carbocycles. The average Bonchev–Trinajstić information content (AvgIpc) is 2.39. The largest absolute Gasteiger partial charge is 0.332 e. The third-order valence-electron chi connectivity index (χ3n) is 3.79. The average molecular weight is 267 g/mol. The van der Waals surface area contributed by atoms with Crippen LogP contribution in [-0.4, -0.2) is 29.4 Å². The summed E-state index contributed by atoms with van der Waals surface area (Å²) in [6.45, 7) is 3.31. The van der Waals surface area contributed by atoms with Crippen LogP contribution in [0, 0.1) is 0 Å². The molecular formula is C14H19ClN2O. The van der Waals surface area contributed by atoms with Crippen molar-refractivity contribution in [3.05, 3.63) is 34.9 Å². The highest BCUT2D eigenvalue weighted by molar-refractivity contribution is 6.33. The fourth-order valence-corrected chi connectivity index (χ4v) is 2.74. The number of amides is 1. The minimum Gasteiger partial charge on any atom is -0.332 e. The van der Waals surface area contributed by atoms with E-state index in [1.807, 2.05) is 17.0 Å². The number of nitrogens with two attached hydrogens (primary N) is 1. The Kier molecular flexibility index (Phi) is 3.93. The van der Waals surface area contributed by atoms with Gasteiger partial charge in [0.1, 0.15) is 0 Å². The van der Waals surface area contributed by atoms with Gasteiger partial charge in [-0.05, 0) is 38.3 Å². The van der Waals surface area contributed by atoms with Crippen molar-refractivity contribution in [2.75, 3.05) is 13.1 Å². The molecule has 1 fully saturated rings. The van der Waals surface area contributed by atoms with Gasteiger partial charge in [0.2, 0.25) is 0 Å². The summed E-state index contributed by atoms with van der Waals surface area (Å²) in [4.78, 5) is 14.5. The first-order valence-electron chi connectivity index (χ1n) is 6.35. The van der Waals surface area contributed by atoms with Gasteiger partial charge in [0.15, 0.2) is 0 Å². The van der Waals surface area contributed by atoms with E-state index in [1.54, 1.807) is 12.1 Å². The molecule has 1 aromatic rings. The van der Waals surface area contributed by atoms with E-state index in [-0.39, 0.29) is 11.4 Å². The van der Waals surface area contributed by atoms with Crippen molar-refractivity contribution in [3.8, 4) is 0 Å². The molecular weight excluding hydrogens is 248 g/mol. The van der Waals surface area contributed by atoms with E-state index >= 15 is 0 Å². The molecule has 1 saturated heterocycles. The zero-order valence-corrected chi connectivity index (χ0v) is 11.4. The molecule has 0 aromatic heterocycles. The van der Waals surface area contributed by atoms with Crippen LogP contribution in [0.1, 0.15) is 36.5 Å². The van der Waals surface area contributed by atoms with Crippen LogP contribution < -0.4 is 5.73 Å². The first kappa shape index (κ1) is 13.4. The van der Waals surface area contributed by atoms with Gasteiger partial charge in [0, 0.05) is 13.1 Å². The van der Waals surface area contributed by atoms with Crippen LogP contribution in [0.5, 0.6) is 0 Å². The maximum Gasteiger partial charge on any atom is 0.255 e. The first-order chi connectivity index (χ1) is 8.58. The van der Waals surface area contributed by atoms with Gasteiger partial charge in [-0.15, -0.1) is 0 Å². The SMILES string of the molecule is CC1(CN)CCCCN1C(=O)c1ccccc1Cl. The quantitative estimate of drug-likeness (QED) is 0.895. The van der Waals surface area contributed by atoms with Crippen molar-refractivity contribution in [1.82, 2.24) is 4.90 Å². The number of benzene rings is 1. The second-order valence-corrected chi connectivity index (χ2v) is 5.50. The Morgan fingerprint density at radius 1 is 1.44 bits per heavy atom. The summed E-state index contributed by atoms with van der Waals surface area (Å²) in [5.74, 6) is -0.00625. The molecule has 0 bridgehead atoms. The van der Waals surface area contributed by atoms with Gasteiger partial charge in [0.05, 0.1) is 16.1 Å². The second kappa shape index (κ2) is 5.29. The fraction of sp³-hybridized carbons (Fsp3) is 0.500. The Balaban J connectivity index is 2.30. The summed E-state index contributed by atoms with van der Waals surface area (Å²) in [7, 11) is 0. The number of rotatable bonds is 2. The molecule has 0 spiro atoms. The Bertz CT molecular complexity index is 449. The van der Waals surface area contributed by atoms with Crippen LogP contribution in [0.3, 0.4) is 0 Å². The minimum atomic E-state index is -0.242. The molecule has 4 heteroatoms. The smallest absolute Gasteiger partial charge is 0.255 e. The van der Waals surface area contributed by atoms with Gasteiger partial charge in [-0.3, -0.25) is 4.79 Å². The Hall–Kier alpha value is -1.06. The maximum absolute atomic E-state index is 12.6. The summed E-state index contributed by atoms with van der Waals surface area (Å²) in [5, 5.41) is 0.507. The van der Waals surface area contributed by atoms with Crippen molar-refractivity contribution in [3.63, 3.8) is 0 Å². The summed E-state index contributed by atoms with van der Waals surface area (Å²) in [6, 6.07) is 7.19. The number of likely N-dealkylation sites (tertiary alicyclic amines) is 1. The molecule has 1 heterocycles. The molecule has 2 N–H and O–H groups in total. The number of nitrogens with zero attached hydrogens (tertiary/aromatic N) is 1. The van der Waals surface area contributed by atoms with E-state index in [9.17, 15) is 4.79 Å². The molecule has 0 radical (unpaired) electrons. The molecule has 1 aromatic carbocycles. The van der Waals surface area contributed by atoms with Crippen molar-refractivity contribution in [2.24, 2.45) is 5.73 Å². The lowest BCUT2D eigenvalue weighted by molar-refractivity contribution is 0.0403. The van der Waals surface area contributed by atoms with Crippen molar-refractivity contribution in [1.29, 1.82) is 0 Å². The topological polar surface area (TPSA) is 46.3 Å². The highest BCUT2D eigenvalue weighted by Crippen LogP contribution is 2.29. The molecule has 0 aliphatic carbocycles. The van der Waals surface area contributed by atoms with Gasteiger partial charge in [0.25, 0.3) is 5.91 Å². The number of hydrogen-bond acceptors (Lipinski definition) is 2. The Morgan fingerprint density at radius 3 is 2.83 bits per heavy atom. The zero-order chi connectivity index (χ0) is 13.2. The lowest BCUT2D eigenvalue weighted by Gasteiger charge is -2.44. The Labute approximate surface area is 113 Å². The van der Waals surface area contributed by atoms with E-state index in [2.05, 4.69) is 6.92 Å². The standard InChI is InChI=1S/C14H19ClN2O/c1-14(10-16)8-4-5-9-17(14)13(18)11-6-2-3-7-12(11)15/h2-3,6-7H,4-5,8-10,16H2,1H3.